The van der Waals surface area contributed by atoms with Crippen molar-refractivity contribution < 1.29 is 14.3 Å². The number of piperazine rings is 1. The van der Waals surface area contributed by atoms with Gasteiger partial charge in [0, 0.05) is 19.3 Å². The second-order valence-corrected chi connectivity index (χ2v) is 4.04. The molecule has 0 aromatic carbocycles. The highest BCUT2D eigenvalue weighted by molar-refractivity contribution is 5.99. The Morgan fingerprint density at radius 2 is 2.39 bits per heavy atom. The number of pyridine rings is 1. The van der Waals surface area contributed by atoms with Crippen LogP contribution in [0.4, 0.5) is 0 Å². The topological polar surface area (TPSA) is 71.5 Å². The molecule has 6 nitrogen and oxygen atoms in total. The first-order chi connectivity index (χ1) is 8.65. The third-order valence-electron chi connectivity index (χ3n) is 2.99. The van der Waals surface area contributed by atoms with E-state index in [-0.39, 0.29) is 11.8 Å². The highest BCUT2D eigenvalue weighted by Crippen LogP contribution is 2.19. The molecule has 1 saturated heterocycles. The van der Waals surface area contributed by atoms with Crippen molar-refractivity contribution >= 4 is 11.8 Å². The maximum atomic E-state index is 12.4. The van der Waals surface area contributed by atoms with Crippen molar-refractivity contribution in [3.8, 4) is 5.75 Å². The lowest BCUT2D eigenvalue weighted by Crippen LogP contribution is -2.55. The molecule has 2 rings (SSSR count). The third kappa shape index (κ3) is 2.13. The van der Waals surface area contributed by atoms with Crippen LogP contribution < -0.4 is 10.1 Å². The summed E-state index contributed by atoms with van der Waals surface area (Å²) in [5.41, 5.74) is 0.425. The average molecular weight is 249 g/mol. The minimum Gasteiger partial charge on any atom is -0.494 e. The van der Waals surface area contributed by atoms with Crippen LogP contribution in [0.3, 0.4) is 0 Å². The first-order valence-electron chi connectivity index (χ1n) is 5.72. The summed E-state index contributed by atoms with van der Waals surface area (Å²) in [6.45, 7) is 2.68. The van der Waals surface area contributed by atoms with Crippen LogP contribution in [0.25, 0.3) is 0 Å². The number of ether oxygens (including phenoxy) is 1. The average Bonchev–Trinajstić information content (AvgIpc) is 2.41. The first kappa shape index (κ1) is 12.3. The monoisotopic (exact) mass is 249 g/mol. The Balaban J connectivity index is 2.27. The zero-order valence-corrected chi connectivity index (χ0v) is 10.3. The largest absolute Gasteiger partial charge is 0.494 e. The molecule has 1 aliphatic rings. The van der Waals surface area contributed by atoms with Crippen LogP contribution in [0.1, 0.15) is 17.3 Å². The highest BCUT2D eigenvalue weighted by atomic mass is 16.5. The van der Waals surface area contributed by atoms with E-state index in [0.717, 1.165) is 0 Å². The second kappa shape index (κ2) is 5.03. The molecular weight excluding hydrogens is 234 g/mol. The normalized spacial score (nSPS) is 19.3. The Morgan fingerprint density at radius 3 is 3.11 bits per heavy atom. The maximum absolute atomic E-state index is 12.4. The van der Waals surface area contributed by atoms with Gasteiger partial charge in [-0.25, -0.2) is 0 Å². The van der Waals surface area contributed by atoms with Crippen molar-refractivity contribution in [3.63, 3.8) is 0 Å². The van der Waals surface area contributed by atoms with E-state index in [0.29, 0.717) is 24.4 Å². The smallest absolute Gasteiger partial charge is 0.258 e. The number of hydrogen-bond acceptors (Lipinski definition) is 4. The molecule has 6 heteroatoms. The Bertz CT molecular complexity index is 475. The quantitative estimate of drug-likeness (QED) is 0.804. The number of nitrogens with zero attached hydrogens (tertiary/aromatic N) is 2. The first-order valence-corrected chi connectivity index (χ1v) is 5.72. The lowest BCUT2D eigenvalue weighted by Gasteiger charge is -2.33. The summed E-state index contributed by atoms with van der Waals surface area (Å²) in [7, 11) is 1.49. The van der Waals surface area contributed by atoms with Gasteiger partial charge in [-0.05, 0) is 13.0 Å². The maximum Gasteiger partial charge on any atom is 0.258 e. The van der Waals surface area contributed by atoms with Gasteiger partial charge in [-0.1, -0.05) is 0 Å². The van der Waals surface area contributed by atoms with Gasteiger partial charge >= 0.3 is 0 Å². The van der Waals surface area contributed by atoms with E-state index in [9.17, 15) is 9.59 Å². The molecular formula is C12H15N3O3. The van der Waals surface area contributed by atoms with Gasteiger partial charge in [0.1, 0.15) is 11.8 Å². The van der Waals surface area contributed by atoms with Crippen LogP contribution in [0.5, 0.6) is 5.75 Å². The van der Waals surface area contributed by atoms with E-state index >= 15 is 0 Å². The van der Waals surface area contributed by atoms with Gasteiger partial charge in [0.25, 0.3) is 5.91 Å². The van der Waals surface area contributed by atoms with E-state index in [4.69, 9.17) is 4.74 Å². The van der Waals surface area contributed by atoms with E-state index in [1.807, 2.05) is 0 Å². The molecule has 0 spiro atoms. The molecule has 1 N–H and O–H groups in total. The van der Waals surface area contributed by atoms with E-state index in [1.54, 1.807) is 13.0 Å². The van der Waals surface area contributed by atoms with Crippen molar-refractivity contribution in [1.82, 2.24) is 15.2 Å². The zero-order chi connectivity index (χ0) is 13.1. The summed E-state index contributed by atoms with van der Waals surface area (Å²) in [5.74, 6) is 0.0694. The van der Waals surface area contributed by atoms with Gasteiger partial charge in [0.05, 0.1) is 18.9 Å². The summed E-state index contributed by atoms with van der Waals surface area (Å²) in [5, 5.41) is 2.72. The number of amides is 2. The SMILES string of the molecule is COc1cnccc1C(=O)N1CCNC(=O)C1C. The summed E-state index contributed by atoms with van der Waals surface area (Å²) in [6.07, 6.45) is 3.02. The minimum atomic E-state index is -0.468. The lowest BCUT2D eigenvalue weighted by molar-refractivity contribution is -0.127. The number of carbonyl (C=O) groups excluding carboxylic acids is 2. The molecule has 18 heavy (non-hydrogen) atoms. The molecule has 1 aromatic heterocycles. The Kier molecular flexibility index (Phi) is 3.45. The summed E-state index contributed by atoms with van der Waals surface area (Å²) < 4.78 is 5.11. The van der Waals surface area contributed by atoms with Crippen LogP contribution in [0.2, 0.25) is 0 Å². The molecule has 0 aliphatic carbocycles. The predicted molar refractivity (Wildman–Crippen MR) is 64.3 cm³/mol. The number of aromatic nitrogens is 1. The fourth-order valence-electron chi connectivity index (χ4n) is 1.93. The summed E-state index contributed by atoms with van der Waals surface area (Å²) in [6, 6.07) is 1.13. The van der Waals surface area contributed by atoms with Gasteiger partial charge in [-0.2, -0.15) is 0 Å². The Labute approximate surface area is 105 Å². The van der Waals surface area contributed by atoms with E-state index < -0.39 is 6.04 Å². The van der Waals surface area contributed by atoms with Crippen LogP contribution in [0, 0.1) is 0 Å². The molecule has 96 valence electrons. The molecule has 1 atom stereocenters. The van der Waals surface area contributed by atoms with Crippen LogP contribution in [-0.4, -0.2) is 47.9 Å². The molecule has 1 unspecified atom stereocenters. The Morgan fingerprint density at radius 1 is 1.61 bits per heavy atom. The van der Waals surface area contributed by atoms with Crippen LogP contribution in [0.15, 0.2) is 18.5 Å². The number of rotatable bonds is 2. The predicted octanol–water partition coefficient (Wildman–Crippen LogP) is 0.0507. The molecule has 0 radical (unpaired) electrons. The lowest BCUT2D eigenvalue weighted by atomic mass is 10.1. The van der Waals surface area contributed by atoms with Gasteiger partial charge in [-0.3, -0.25) is 14.6 Å². The van der Waals surface area contributed by atoms with Gasteiger partial charge in [0.15, 0.2) is 0 Å². The molecule has 1 aromatic rings. The molecule has 2 amide bonds. The minimum absolute atomic E-state index is 0.136. The van der Waals surface area contributed by atoms with Gasteiger partial charge in [0.2, 0.25) is 5.91 Å². The number of nitrogens with one attached hydrogen (secondary N) is 1. The fraction of sp³-hybridized carbons (Fsp3) is 0.417. The molecule has 1 aliphatic heterocycles. The fourth-order valence-corrected chi connectivity index (χ4v) is 1.93. The van der Waals surface area contributed by atoms with Gasteiger partial charge < -0.3 is 15.0 Å². The molecule has 0 bridgehead atoms. The number of hydrogen-bond donors (Lipinski definition) is 1. The molecule has 0 saturated carbocycles. The third-order valence-corrected chi connectivity index (χ3v) is 2.99. The van der Waals surface area contributed by atoms with Crippen molar-refractivity contribution in [2.45, 2.75) is 13.0 Å². The summed E-state index contributed by atoms with van der Waals surface area (Å²) in [4.78, 5) is 29.4. The van der Waals surface area contributed by atoms with E-state index in [2.05, 4.69) is 10.3 Å². The number of carbonyl (C=O) groups is 2. The standard InChI is InChI=1S/C12H15N3O3/c1-8-11(16)14-5-6-15(8)12(17)9-3-4-13-7-10(9)18-2/h3-4,7-8H,5-6H2,1-2H3,(H,14,16). The van der Waals surface area contributed by atoms with Crippen molar-refractivity contribution in [1.29, 1.82) is 0 Å². The highest BCUT2D eigenvalue weighted by Gasteiger charge is 2.31. The van der Waals surface area contributed by atoms with Crippen molar-refractivity contribution in [2.24, 2.45) is 0 Å². The summed E-state index contributed by atoms with van der Waals surface area (Å²) >= 11 is 0. The van der Waals surface area contributed by atoms with Gasteiger partial charge in [-0.15, -0.1) is 0 Å². The van der Waals surface area contributed by atoms with Crippen molar-refractivity contribution in [2.75, 3.05) is 20.2 Å². The molecule has 2 heterocycles. The Hall–Kier alpha value is -2.11. The zero-order valence-electron chi connectivity index (χ0n) is 10.3. The van der Waals surface area contributed by atoms with Crippen molar-refractivity contribution in [3.05, 3.63) is 24.0 Å². The number of methoxy groups -OCH3 is 1. The second-order valence-electron chi connectivity index (χ2n) is 4.04. The van der Waals surface area contributed by atoms with E-state index in [1.165, 1.54) is 24.4 Å². The van der Waals surface area contributed by atoms with Crippen LogP contribution in [-0.2, 0) is 4.79 Å². The molecule has 1 fully saturated rings. The van der Waals surface area contributed by atoms with Crippen LogP contribution >= 0.6 is 0 Å².